The van der Waals surface area contributed by atoms with E-state index in [-0.39, 0.29) is 0 Å². The number of benzene rings is 1. The molecule has 1 aromatic heterocycles. The summed E-state index contributed by atoms with van der Waals surface area (Å²) in [5.74, 6) is 4.73. The lowest BCUT2D eigenvalue weighted by molar-refractivity contribution is 0.100. The third kappa shape index (κ3) is 5.23. The van der Waals surface area contributed by atoms with Crippen molar-refractivity contribution in [2.45, 2.75) is 63.1 Å². The van der Waals surface area contributed by atoms with E-state index in [1.54, 1.807) is 11.8 Å². The molecular weight excluding hydrogens is 418 g/mol. The minimum atomic E-state index is 0.425. The van der Waals surface area contributed by atoms with E-state index in [9.17, 15) is 0 Å². The van der Waals surface area contributed by atoms with E-state index in [4.69, 9.17) is 11.3 Å². The summed E-state index contributed by atoms with van der Waals surface area (Å²) in [4.78, 5) is 9.18. The molecule has 2 atom stereocenters. The van der Waals surface area contributed by atoms with Gasteiger partial charge >= 0.3 is 0 Å². The van der Waals surface area contributed by atoms with Gasteiger partial charge in [0, 0.05) is 25.4 Å². The van der Waals surface area contributed by atoms with Crippen molar-refractivity contribution in [1.29, 1.82) is 5.53 Å². The molecule has 0 radical (unpaired) electrons. The molecule has 2 saturated carbocycles. The number of anilines is 2. The second-order valence-electron chi connectivity index (χ2n) is 8.86. The quantitative estimate of drug-likeness (QED) is 0.180. The van der Waals surface area contributed by atoms with Crippen LogP contribution in [-0.4, -0.2) is 28.8 Å². The first-order valence-electron chi connectivity index (χ1n) is 11.9. The van der Waals surface area contributed by atoms with Crippen LogP contribution in [0.25, 0.3) is 0 Å². The number of thioether (sulfide) groups is 1. The molecule has 7 nitrogen and oxygen atoms in total. The molecule has 0 amide bonds. The van der Waals surface area contributed by atoms with Crippen LogP contribution < -0.4 is 16.4 Å². The minimum Gasteiger partial charge on any atom is -0.367 e. The second-order valence-corrected chi connectivity index (χ2v) is 9.92. The molecule has 0 aliphatic heterocycles. The molecule has 1 heterocycles. The van der Waals surface area contributed by atoms with Gasteiger partial charge in [0.1, 0.15) is 0 Å². The van der Waals surface area contributed by atoms with Gasteiger partial charge in [0.05, 0.1) is 0 Å². The Morgan fingerprint density at radius 2 is 1.84 bits per heavy atom. The standard InChI is InChI=1S/C24H35N7S/c1-2-14-32-24-29-22(27-13-12-25)21(31-26)23(30-24)28-15-16-6-8-18(9-7-16)20-11-10-19(20)17-4-3-5-17/h6-9,17,19-20,26H,2-5,10-15,25H2,1H3,(H2,27,28,29,30). The van der Waals surface area contributed by atoms with E-state index in [1.807, 2.05) is 0 Å². The summed E-state index contributed by atoms with van der Waals surface area (Å²) in [5.41, 5.74) is 16.4. The number of rotatable bonds is 12. The van der Waals surface area contributed by atoms with Crippen LogP contribution in [0.1, 0.15) is 62.5 Å². The summed E-state index contributed by atoms with van der Waals surface area (Å²) in [7, 11) is 0. The Bertz CT molecular complexity index is 898. The predicted octanol–water partition coefficient (Wildman–Crippen LogP) is 5.92. The highest BCUT2D eigenvalue weighted by molar-refractivity contribution is 7.99. The van der Waals surface area contributed by atoms with E-state index in [0.717, 1.165) is 29.9 Å². The normalized spacial score (nSPS) is 20.3. The molecule has 2 fully saturated rings. The number of nitrogens with one attached hydrogen (secondary N) is 3. The zero-order valence-electron chi connectivity index (χ0n) is 18.9. The number of nitrogens with two attached hydrogens (primary N) is 1. The van der Waals surface area contributed by atoms with Crippen molar-refractivity contribution in [1.82, 2.24) is 9.97 Å². The third-order valence-corrected chi connectivity index (χ3v) is 7.85. The zero-order chi connectivity index (χ0) is 22.3. The van der Waals surface area contributed by atoms with E-state index in [0.29, 0.717) is 42.1 Å². The Morgan fingerprint density at radius 1 is 1.09 bits per heavy atom. The SMILES string of the molecule is CCCSc1nc(NCCN)c(N=N)c(NCc2ccc(C3CCC3C3CCC3)cc2)n1. The molecule has 2 aliphatic rings. The average Bonchev–Trinajstić information content (AvgIpc) is 2.77. The summed E-state index contributed by atoms with van der Waals surface area (Å²) in [5, 5.41) is 11.0. The summed E-state index contributed by atoms with van der Waals surface area (Å²) >= 11 is 1.61. The van der Waals surface area contributed by atoms with Crippen LogP contribution >= 0.6 is 11.8 Å². The number of nitrogens with zero attached hydrogens (tertiary/aromatic N) is 3. The highest BCUT2D eigenvalue weighted by atomic mass is 32.2. The van der Waals surface area contributed by atoms with Gasteiger partial charge in [-0.25, -0.2) is 15.5 Å². The van der Waals surface area contributed by atoms with Gasteiger partial charge < -0.3 is 16.4 Å². The molecule has 2 unspecified atom stereocenters. The van der Waals surface area contributed by atoms with Gasteiger partial charge in [-0.2, -0.15) is 5.11 Å². The van der Waals surface area contributed by atoms with Gasteiger partial charge in [-0.05, 0) is 48.1 Å². The van der Waals surface area contributed by atoms with Crippen molar-refractivity contribution in [3.05, 3.63) is 35.4 Å². The zero-order valence-corrected chi connectivity index (χ0v) is 19.8. The van der Waals surface area contributed by atoms with E-state index < -0.39 is 0 Å². The van der Waals surface area contributed by atoms with Crippen LogP contribution in [0.3, 0.4) is 0 Å². The molecule has 8 heteroatoms. The fraction of sp³-hybridized carbons (Fsp3) is 0.583. The van der Waals surface area contributed by atoms with Crippen molar-refractivity contribution in [2.75, 3.05) is 29.5 Å². The monoisotopic (exact) mass is 453 g/mol. The number of hydrogen-bond donors (Lipinski definition) is 4. The molecule has 1 aromatic carbocycles. The fourth-order valence-corrected chi connectivity index (χ4v) is 5.37. The van der Waals surface area contributed by atoms with Crippen molar-refractivity contribution >= 4 is 29.1 Å². The first-order valence-corrected chi connectivity index (χ1v) is 12.9. The van der Waals surface area contributed by atoms with Crippen LogP contribution in [0.4, 0.5) is 17.3 Å². The Labute approximate surface area is 195 Å². The van der Waals surface area contributed by atoms with Crippen LogP contribution in [0.15, 0.2) is 34.5 Å². The summed E-state index contributed by atoms with van der Waals surface area (Å²) in [6.07, 6.45) is 8.09. The fourth-order valence-electron chi connectivity index (χ4n) is 4.68. The second kappa shape index (κ2) is 11.1. The molecule has 2 aromatic rings. The Kier molecular flexibility index (Phi) is 7.97. The molecule has 5 N–H and O–H groups in total. The molecular formula is C24H35N7S. The minimum absolute atomic E-state index is 0.425. The first kappa shape index (κ1) is 23.0. The summed E-state index contributed by atoms with van der Waals surface area (Å²) in [6, 6.07) is 9.05. The maximum atomic E-state index is 7.66. The molecule has 32 heavy (non-hydrogen) atoms. The third-order valence-electron chi connectivity index (χ3n) is 6.80. The van der Waals surface area contributed by atoms with E-state index >= 15 is 0 Å². The molecule has 0 spiro atoms. The van der Waals surface area contributed by atoms with Crippen LogP contribution in [0.5, 0.6) is 0 Å². The molecule has 2 aliphatic carbocycles. The van der Waals surface area contributed by atoms with Crippen molar-refractivity contribution < 1.29 is 0 Å². The van der Waals surface area contributed by atoms with Gasteiger partial charge in [-0.1, -0.05) is 62.2 Å². The van der Waals surface area contributed by atoms with Crippen LogP contribution in [0.2, 0.25) is 0 Å². The van der Waals surface area contributed by atoms with Gasteiger partial charge in [0.25, 0.3) is 0 Å². The maximum Gasteiger partial charge on any atom is 0.191 e. The van der Waals surface area contributed by atoms with Crippen LogP contribution in [-0.2, 0) is 6.54 Å². The smallest absolute Gasteiger partial charge is 0.191 e. The average molecular weight is 454 g/mol. The first-order chi connectivity index (χ1) is 15.7. The number of hydrogen-bond acceptors (Lipinski definition) is 8. The highest BCUT2D eigenvalue weighted by Gasteiger charge is 2.39. The largest absolute Gasteiger partial charge is 0.367 e. The van der Waals surface area contributed by atoms with Crippen molar-refractivity contribution in [3.8, 4) is 0 Å². The number of aromatic nitrogens is 2. The summed E-state index contributed by atoms with van der Waals surface area (Å²) < 4.78 is 0. The lowest BCUT2D eigenvalue weighted by Gasteiger charge is -2.46. The molecule has 172 valence electrons. The van der Waals surface area contributed by atoms with Crippen LogP contribution in [0, 0.1) is 17.4 Å². The van der Waals surface area contributed by atoms with Crippen molar-refractivity contribution in [2.24, 2.45) is 22.7 Å². The predicted molar refractivity (Wildman–Crippen MR) is 132 cm³/mol. The van der Waals surface area contributed by atoms with Gasteiger partial charge in [0.15, 0.2) is 22.5 Å². The van der Waals surface area contributed by atoms with Gasteiger partial charge in [0.2, 0.25) is 0 Å². The molecule has 4 rings (SSSR count). The summed E-state index contributed by atoms with van der Waals surface area (Å²) in [6.45, 7) is 3.82. The highest BCUT2D eigenvalue weighted by Crippen LogP contribution is 2.52. The Hall–Kier alpha value is -2.19. The Morgan fingerprint density at radius 3 is 2.41 bits per heavy atom. The van der Waals surface area contributed by atoms with E-state index in [1.165, 1.54) is 43.2 Å². The topological polar surface area (TPSA) is 112 Å². The van der Waals surface area contributed by atoms with Crippen molar-refractivity contribution in [3.63, 3.8) is 0 Å². The lowest BCUT2D eigenvalue weighted by atomic mass is 9.59. The Balaban J connectivity index is 1.44. The molecule has 0 bridgehead atoms. The lowest BCUT2D eigenvalue weighted by Crippen LogP contribution is -2.34. The van der Waals surface area contributed by atoms with E-state index in [2.05, 4.69) is 56.9 Å². The van der Waals surface area contributed by atoms with Gasteiger partial charge in [-0.15, -0.1) is 0 Å². The molecule has 0 saturated heterocycles. The van der Waals surface area contributed by atoms with Gasteiger partial charge in [-0.3, -0.25) is 0 Å². The maximum absolute atomic E-state index is 7.66.